The number of fused-ring (bicyclic) bond motifs is 1. The van der Waals surface area contributed by atoms with Crippen molar-refractivity contribution in [1.29, 1.82) is 0 Å². The average Bonchev–Trinajstić information content (AvgIpc) is 2.74. The van der Waals surface area contributed by atoms with Gasteiger partial charge in [0.05, 0.1) is 5.69 Å². The van der Waals surface area contributed by atoms with Gasteiger partial charge in [0.15, 0.2) is 0 Å². The molecule has 3 heteroatoms. The minimum absolute atomic E-state index is 0.268. The normalized spacial score (nSPS) is 14.3. The second-order valence-corrected chi connectivity index (χ2v) is 3.87. The molecular weight excluding hydrogens is 210 g/mol. The van der Waals surface area contributed by atoms with Gasteiger partial charge in [-0.15, -0.1) is 0 Å². The van der Waals surface area contributed by atoms with Gasteiger partial charge in [0.25, 0.3) is 0 Å². The van der Waals surface area contributed by atoms with E-state index in [9.17, 15) is 0 Å². The number of rotatable bonds is 1. The molecule has 17 heavy (non-hydrogen) atoms. The molecule has 3 rings (SSSR count). The minimum atomic E-state index is -2.22. The molecule has 0 unspecified atom stereocenters. The molecule has 0 aliphatic heterocycles. The van der Waals surface area contributed by atoms with Crippen LogP contribution >= 0.6 is 0 Å². The van der Waals surface area contributed by atoms with Gasteiger partial charge >= 0.3 is 0 Å². The Kier molecular flexibility index (Phi) is 1.57. The molecule has 3 nitrogen and oxygen atoms in total. The van der Waals surface area contributed by atoms with Crippen molar-refractivity contribution in [2.75, 3.05) is 0 Å². The van der Waals surface area contributed by atoms with E-state index in [1.807, 2.05) is 24.3 Å². The fraction of sp³-hybridized carbons (Fsp3) is 0.143. The van der Waals surface area contributed by atoms with E-state index in [0.29, 0.717) is 16.9 Å². The summed E-state index contributed by atoms with van der Waals surface area (Å²) >= 11 is 0. The largest absolute Gasteiger partial charge is 0.332 e. The molecule has 0 aromatic carbocycles. The summed E-state index contributed by atoms with van der Waals surface area (Å²) in [4.78, 5) is 8.58. The Bertz CT molecular complexity index is 760. The van der Waals surface area contributed by atoms with Gasteiger partial charge in [0.1, 0.15) is 5.65 Å². The van der Waals surface area contributed by atoms with Crippen LogP contribution < -0.4 is 0 Å². The maximum absolute atomic E-state index is 7.79. The first-order valence-corrected chi connectivity index (χ1v) is 5.35. The van der Waals surface area contributed by atoms with Gasteiger partial charge in [-0.3, -0.25) is 4.98 Å². The van der Waals surface area contributed by atoms with Crippen LogP contribution in [0.4, 0.5) is 0 Å². The zero-order valence-electron chi connectivity index (χ0n) is 12.4. The molecule has 0 saturated carbocycles. The molecule has 0 bridgehead atoms. The second kappa shape index (κ2) is 3.70. The van der Waals surface area contributed by atoms with Crippen LogP contribution in [0.3, 0.4) is 0 Å². The third-order valence-corrected chi connectivity index (χ3v) is 2.87. The molecule has 3 aromatic heterocycles. The van der Waals surface area contributed by atoms with Crippen molar-refractivity contribution in [3.8, 4) is 11.3 Å². The first-order chi connectivity index (χ1) is 9.50. The van der Waals surface area contributed by atoms with Gasteiger partial charge < -0.3 is 4.57 Å². The number of aryl methyl sites for hydroxylation is 1. The number of hydrogen-bond donors (Lipinski definition) is 0. The van der Waals surface area contributed by atoms with E-state index in [0.717, 1.165) is 5.39 Å². The summed E-state index contributed by atoms with van der Waals surface area (Å²) < 4.78 is 25.0. The van der Waals surface area contributed by atoms with Gasteiger partial charge in [0, 0.05) is 40.2 Å². The summed E-state index contributed by atoms with van der Waals surface area (Å²) in [5.41, 5.74) is 2.21. The van der Waals surface area contributed by atoms with Crippen LogP contribution in [-0.2, 0) is 7.05 Å². The van der Waals surface area contributed by atoms with Crippen molar-refractivity contribution < 1.29 is 4.11 Å². The first-order valence-electron chi connectivity index (χ1n) is 6.85. The molecule has 0 atom stereocenters. The standard InChI is InChI=1S/C14H13N3/c1-10-13(12-7-3-4-8-15-12)11-6-5-9-16-14(11)17(10)2/h3-9H,1-2H3/i1D3. The molecule has 3 heterocycles. The maximum Gasteiger partial charge on any atom is 0.140 e. The third-order valence-electron chi connectivity index (χ3n) is 2.87. The molecule has 84 valence electrons. The molecule has 0 radical (unpaired) electrons. The Labute approximate surface area is 104 Å². The highest BCUT2D eigenvalue weighted by Gasteiger charge is 2.14. The van der Waals surface area contributed by atoms with Gasteiger partial charge in [-0.1, -0.05) is 6.07 Å². The van der Waals surface area contributed by atoms with Crippen molar-refractivity contribution >= 4 is 11.0 Å². The molecule has 0 saturated heterocycles. The summed E-state index contributed by atoms with van der Waals surface area (Å²) in [5, 5.41) is 0.805. The lowest BCUT2D eigenvalue weighted by molar-refractivity contribution is 0.902. The van der Waals surface area contributed by atoms with E-state index >= 15 is 0 Å². The van der Waals surface area contributed by atoms with Crippen molar-refractivity contribution in [2.45, 2.75) is 6.85 Å². The van der Waals surface area contributed by atoms with Crippen LogP contribution in [0, 0.1) is 6.85 Å². The predicted molar refractivity (Wildman–Crippen MR) is 68.7 cm³/mol. The Morgan fingerprint density at radius 2 is 2.00 bits per heavy atom. The molecular formula is C14H13N3. The Morgan fingerprint density at radius 3 is 2.76 bits per heavy atom. The number of pyridine rings is 2. The average molecular weight is 226 g/mol. The van der Waals surface area contributed by atoms with Crippen molar-refractivity contribution in [3.05, 3.63) is 48.4 Å². The van der Waals surface area contributed by atoms with Crippen molar-refractivity contribution in [3.63, 3.8) is 0 Å². The van der Waals surface area contributed by atoms with Crippen LogP contribution in [0.1, 0.15) is 9.81 Å². The Balaban J connectivity index is 2.46. The SMILES string of the molecule is [2H]C([2H])([2H])c1c(-c2ccccn2)c2cccnc2n1C. The van der Waals surface area contributed by atoms with Crippen LogP contribution in [0.2, 0.25) is 0 Å². The quantitative estimate of drug-likeness (QED) is 0.638. The summed E-state index contributed by atoms with van der Waals surface area (Å²) in [6.07, 6.45) is 3.32. The molecule has 0 aliphatic carbocycles. The summed E-state index contributed by atoms with van der Waals surface area (Å²) in [7, 11) is 1.73. The highest BCUT2D eigenvalue weighted by Crippen LogP contribution is 2.31. The molecule has 0 spiro atoms. The van der Waals surface area contributed by atoms with Crippen LogP contribution in [0.15, 0.2) is 42.7 Å². The van der Waals surface area contributed by atoms with Gasteiger partial charge in [-0.25, -0.2) is 4.98 Å². The molecule has 0 aliphatic rings. The lowest BCUT2D eigenvalue weighted by atomic mass is 10.1. The van der Waals surface area contributed by atoms with Crippen LogP contribution in [0.25, 0.3) is 22.3 Å². The highest BCUT2D eigenvalue weighted by molar-refractivity contribution is 5.94. The van der Waals surface area contributed by atoms with E-state index < -0.39 is 6.85 Å². The summed E-state index contributed by atoms with van der Waals surface area (Å²) in [6, 6.07) is 9.15. The topological polar surface area (TPSA) is 30.7 Å². The van der Waals surface area contributed by atoms with E-state index in [-0.39, 0.29) is 5.69 Å². The minimum Gasteiger partial charge on any atom is -0.332 e. The molecule has 0 amide bonds. The third kappa shape index (κ3) is 1.43. The molecule has 3 aromatic rings. The second-order valence-electron chi connectivity index (χ2n) is 3.87. The van der Waals surface area contributed by atoms with Crippen molar-refractivity contribution in [1.82, 2.24) is 14.5 Å². The number of aromatic nitrogens is 3. The predicted octanol–water partition coefficient (Wildman–Crippen LogP) is 2.94. The van der Waals surface area contributed by atoms with E-state index in [1.54, 1.807) is 30.1 Å². The monoisotopic (exact) mass is 226 g/mol. The van der Waals surface area contributed by atoms with Crippen LogP contribution in [0.5, 0.6) is 0 Å². The summed E-state index contributed by atoms with van der Waals surface area (Å²) in [5.74, 6) is 0. The Morgan fingerprint density at radius 1 is 1.12 bits per heavy atom. The molecule has 0 fully saturated rings. The summed E-state index contributed by atoms with van der Waals surface area (Å²) in [6.45, 7) is -2.22. The lowest BCUT2D eigenvalue weighted by Gasteiger charge is -2.00. The van der Waals surface area contributed by atoms with Gasteiger partial charge in [-0.05, 0) is 31.1 Å². The van der Waals surface area contributed by atoms with E-state index in [1.165, 1.54) is 0 Å². The molecule has 0 N–H and O–H groups in total. The maximum atomic E-state index is 7.79. The smallest absolute Gasteiger partial charge is 0.140 e. The van der Waals surface area contributed by atoms with Crippen molar-refractivity contribution in [2.24, 2.45) is 7.05 Å². The lowest BCUT2D eigenvalue weighted by Crippen LogP contribution is -1.92. The van der Waals surface area contributed by atoms with E-state index in [4.69, 9.17) is 4.11 Å². The zero-order chi connectivity index (χ0) is 14.3. The Hall–Kier alpha value is -2.16. The zero-order valence-corrected chi connectivity index (χ0v) is 9.38. The fourth-order valence-electron chi connectivity index (χ4n) is 2.03. The number of hydrogen-bond acceptors (Lipinski definition) is 2. The number of nitrogens with zero attached hydrogens (tertiary/aromatic N) is 3. The first kappa shape index (κ1) is 7.22. The fourth-order valence-corrected chi connectivity index (χ4v) is 2.03. The van der Waals surface area contributed by atoms with Crippen LogP contribution in [-0.4, -0.2) is 14.5 Å². The highest BCUT2D eigenvalue weighted by atomic mass is 15.0. The van der Waals surface area contributed by atoms with E-state index in [2.05, 4.69) is 9.97 Å². The van der Waals surface area contributed by atoms with Gasteiger partial charge in [-0.2, -0.15) is 0 Å². The van der Waals surface area contributed by atoms with Gasteiger partial charge in [0.2, 0.25) is 0 Å².